The van der Waals surface area contributed by atoms with E-state index in [4.69, 9.17) is 5.63 Å². The van der Waals surface area contributed by atoms with Gasteiger partial charge in [0.2, 0.25) is 0 Å². The molecule has 40 heavy (non-hydrogen) atoms. The van der Waals surface area contributed by atoms with Gasteiger partial charge in [-0.2, -0.15) is 0 Å². The van der Waals surface area contributed by atoms with Crippen molar-refractivity contribution in [2.45, 2.75) is 77.7 Å². The molecule has 0 aromatic heterocycles. The number of hydrogen-bond acceptors (Lipinski definition) is 3. The van der Waals surface area contributed by atoms with Gasteiger partial charge < -0.3 is 0 Å². The van der Waals surface area contributed by atoms with E-state index in [-0.39, 0.29) is 11.5 Å². The Bertz CT molecular complexity index is 1440. The summed E-state index contributed by atoms with van der Waals surface area (Å²) in [7, 11) is 0. The molecule has 3 nitrogen and oxygen atoms in total. The van der Waals surface area contributed by atoms with E-state index in [9.17, 15) is 2.81 Å². The number of hydrogen-bond donors (Lipinski definition) is 0. The van der Waals surface area contributed by atoms with Gasteiger partial charge >= 0.3 is 251 Å². The fraction of sp³-hybridized carbons (Fsp3) is 0.333. The minimum absolute atomic E-state index is 0.158. The van der Waals surface area contributed by atoms with E-state index < -0.39 is 33.5 Å². The zero-order valence-electron chi connectivity index (χ0n) is 25.1. The molecular weight excluding hydrogens is 572 g/mol. The number of benzene rings is 4. The van der Waals surface area contributed by atoms with Crippen LogP contribution in [0.3, 0.4) is 0 Å². The maximum atomic E-state index is 13.2. The van der Waals surface area contributed by atoms with Crippen LogP contribution in [-0.2, 0) is 44.5 Å². The first kappa shape index (κ1) is 30.3. The second-order valence-electron chi connectivity index (χ2n) is 12.4. The average Bonchev–Trinajstić information content (AvgIpc) is 2.93. The van der Waals surface area contributed by atoms with Crippen LogP contribution in [0.2, 0.25) is 0 Å². The van der Waals surface area contributed by atoms with Gasteiger partial charge in [0.25, 0.3) is 0 Å². The maximum absolute atomic E-state index is 13.2. The fourth-order valence-corrected chi connectivity index (χ4v) is 7.70. The molecule has 208 valence electrons. The van der Waals surface area contributed by atoms with Gasteiger partial charge in [-0.25, -0.2) is 0 Å². The molecule has 4 aromatic carbocycles. The summed E-state index contributed by atoms with van der Waals surface area (Å²) in [4.78, 5) is 0. The van der Waals surface area contributed by atoms with Gasteiger partial charge in [-0.3, -0.25) is 0 Å². The Morgan fingerprint density at radius 3 is 1.38 bits per heavy atom. The summed E-state index contributed by atoms with van der Waals surface area (Å²) in [5.74, 6) is 0.644. The summed E-state index contributed by atoms with van der Waals surface area (Å²) in [6.07, 6.45) is -0.158. The van der Waals surface area contributed by atoms with Crippen molar-refractivity contribution in [1.82, 2.24) is 0 Å². The fourth-order valence-electron chi connectivity index (χ4n) is 5.77. The third-order valence-corrected chi connectivity index (χ3v) is 10.7. The second-order valence-corrected chi connectivity index (χ2v) is 14.7. The summed E-state index contributed by atoms with van der Waals surface area (Å²) in [6.45, 7) is 17.4. The van der Waals surface area contributed by atoms with Crippen molar-refractivity contribution in [2.75, 3.05) is 0 Å². The monoisotopic (exact) mass is 612 g/mol. The Kier molecular flexibility index (Phi) is 9.12. The molecule has 0 aliphatic rings. The molecule has 0 atom stereocenters. The molecule has 0 heterocycles. The first-order chi connectivity index (χ1) is 18.9. The van der Waals surface area contributed by atoms with Crippen LogP contribution in [0.1, 0.15) is 88.8 Å². The second kappa shape index (κ2) is 12.1. The van der Waals surface area contributed by atoms with E-state index in [1.54, 1.807) is 0 Å². The Hall–Kier alpha value is -2.68. The van der Waals surface area contributed by atoms with E-state index in [0.717, 1.165) is 5.56 Å². The molecular formula is C36H42O3Zr. The van der Waals surface area contributed by atoms with Crippen molar-refractivity contribution >= 4 is 0 Å². The van der Waals surface area contributed by atoms with Gasteiger partial charge in [0.1, 0.15) is 0 Å². The summed E-state index contributed by atoms with van der Waals surface area (Å²) >= 11 is -3.85. The molecule has 0 unspecified atom stereocenters. The molecule has 4 rings (SSSR count). The first-order valence-corrected chi connectivity index (χ1v) is 17.1. The standard InChI is InChI=1S/C33H36O.C3H7O.O.Zr/c1-31(2,24-16-10-7-11-17-24)27-22-23-28(34)30(33(5,6)26-20-14-9-15-21-26)29(27)32(3,4)25-18-12-8-13-19-25;1-3(2)4;;/h7-23,34H,1-6H3;3H,1-2H3;;/q;-1;;+2/p-1. The molecule has 0 saturated carbocycles. The van der Waals surface area contributed by atoms with Gasteiger partial charge in [-0.1, -0.05) is 0 Å². The van der Waals surface area contributed by atoms with Crippen molar-refractivity contribution in [2.24, 2.45) is 0 Å². The van der Waals surface area contributed by atoms with E-state index in [1.807, 2.05) is 26.0 Å². The van der Waals surface area contributed by atoms with Crippen molar-refractivity contribution in [1.29, 1.82) is 0 Å². The van der Waals surface area contributed by atoms with Crippen LogP contribution in [0, 0.1) is 0 Å². The summed E-state index contributed by atoms with van der Waals surface area (Å²) in [5.41, 5.74) is 5.92. The Morgan fingerprint density at radius 2 is 0.950 bits per heavy atom. The molecule has 0 bridgehead atoms. The van der Waals surface area contributed by atoms with Crippen LogP contribution in [0.15, 0.2) is 103 Å². The quantitative estimate of drug-likeness (QED) is 0.179. The summed E-state index contributed by atoms with van der Waals surface area (Å²) in [5, 5.41) is 0. The third-order valence-electron chi connectivity index (χ3n) is 8.10. The van der Waals surface area contributed by atoms with E-state index in [2.05, 4.69) is 133 Å². The molecule has 0 spiro atoms. The predicted molar refractivity (Wildman–Crippen MR) is 160 cm³/mol. The average molecular weight is 614 g/mol. The zero-order chi connectivity index (χ0) is 29.1. The molecule has 0 aliphatic carbocycles. The van der Waals surface area contributed by atoms with Crippen LogP contribution in [0.25, 0.3) is 0 Å². The minimum atomic E-state index is -3.85. The predicted octanol–water partition coefficient (Wildman–Crippen LogP) is 9.26. The van der Waals surface area contributed by atoms with Crippen molar-refractivity contribution in [3.8, 4) is 5.75 Å². The van der Waals surface area contributed by atoms with Gasteiger partial charge in [0, 0.05) is 0 Å². The molecule has 0 radical (unpaired) electrons. The van der Waals surface area contributed by atoms with Gasteiger partial charge in [-0.15, -0.1) is 0 Å². The molecule has 0 amide bonds. The topological polar surface area (TPSA) is 35.5 Å². The van der Waals surface area contributed by atoms with Crippen LogP contribution < -0.4 is 2.81 Å². The molecule has 0 saturated heterocycles. The number of rotatable bonds is 10. The molecule has 0 N–H and O–H groups in total. The van der Waals surface area contributed by atoms with E-state index >= 15 is 0 Å². The molecule has 4 heteroatoms. The van der Waals surface area contributed by atoms with E-state index in [0.29, 0.717) is 5.75 Å². The Labute approximate surface area is 249 Å². The summed E-state index contributed by atoms with van der Waals surface area (Å²) < 4.78 is 25.3. The van der Waals surface area contributed by atoms with Crippen LogP contribution >= 0.6 is 0 Å². The molecule has 0 fully saturated rings. The first-order valence-electron chi connectivity index (χ1n) is 14.1. The normalized spacial score (nSPS) is 12.4. The van der Waals surface area contributed by atoms with Gasteiger partial charge in [0.15, 0.2) is 0 Å². The van der Waals surface area contributed by atoms with Gasteiger partial charge in [0.05, 0.1) is 0 Å². The summed E-state index contributed by atoms with van der Waals surface area (Å²) in [6, 6.07) is 36.0. The van der Waals surface area contributed by atoms with Crippen molar-refractivity contribution in [3.63, 3.8) is 0 Å². The van der Waals surface area contributed by atoms with Crippen LogP contribution in [-0.4, -0.2) is 6.10 Å². The SMILES string of the molecule is CC(C)[O][Zr](=[O])[O]c1ccc(C(C)(C)c2ccccc2)c(C(C)(C)c2ccccc2)c1C(C)(C)c1ccccc1. The third kappa shape index (κ3) is 6.14. The Balaban J connectivity index is 2.12. The van der Waals surface area contributed by atoms with Crippen LogP contribution in [0.5, 0.6) is 5.75 Å². The molecule has 4 aromatic rings. The van der Waals surface area contributed by atoms with Crippen LogP contribution in [0.4, 0.5) is 0 Å². The van der Waals surface area contributed by atoms with Crippen molar-refractivity contribution < 1.29 is 31.1 Å². The van der Waals surface area contributed by atoms with E-state index in [1.165, 1.54) is 27.8 Å². The molecule has 0 aliphatic heterocycles. The Morgan fingerprint density at radius 1 is 0.550 bits per heavy atom. The van der Waals surface area contributed by atoms with Gasteiger partial charge in [-0.05, 0) is 0 Å². The zero-order valence-corrected chi connectivity index (χ0v) is 27.6. The van der Waals surface area contributed by atoms with Crippen molar-refractivity contribution in [3.05, 3.63) is 137 Å².